The molecule has 0 unspecified atom stereocenters. The lowest BCUT2D eigenvalue weighted by molar-refractivity contribution is -0.868. The SMILES string of the molecule is CC(=NCC[N+](C)(C)C)c1c(O)n(Cc2ccccc2)c(=O)[nH]c1=O. The Labute approximate surface area is 146 Å². The van der Waals surface area contributed by atoms with Crippen LogP contribution in [-0.2, 0) is 6.54 Å². The molecule has 25 heavy (non-hydrogen) atoms. The predicted molar refractivity (Wildman–Crippen MR) is 98.5 cm³/mol. The highest BCUT2D eigenvalue weighted by atomic mass is 16.3. The summed E-state index contributed by atoms with van der Waals surface area (Å²) >= 11 is 0. The number of nitrogens with zero attached hydrogens (tertiary/aromatic N) is 3. The van der Waals surface area contributed by atoms with Crippen LogP contribution in [0.15, 0.2) is 44.9 Å². The standard InChI is InChI=1S/C18H24N4O3/c1-13(19-10-11-22(2,3)4)15-16(23)20-18(25)21(17(15)24)12-14-8-6-5-7-9-14/h5-9H,10-12H2,1-4H3,(H-,19,20,23,24,25)/p+1. The number of nitrogens with one attached hydrogen (secondary N) is 1. The molecule has 2 rings (SSSR count). The molecule has 0 fully saturated rings. The minimum Gasteiger partial charge on any atom is -0.494 e. The van der Waals surface area contributed by atoms with E-state index in [1.54, 1.807) is 6.92 Å². The number of aromatic amines is 1. The normalized spacial score (nSPS) is 12.4. The van der Waals surface area contributed by atoms with E-state index in [-0.39, 0.29) is 18.0 Å². The number of hydrogen-bond acceptors (Lipinski definition) is 4. The second kappa shape index (κ2) is 7.48. The van der Waals surface area contributed by atoms with Gasteiger partial charge in [0.15, 0.2) is 0 Å². The van der Waals surface area contributed by atoms with Crippen molar-refractivity contribution in [2.45, 2.75) is 13.5 Å². The van der Waals surface area contributed by atoms with Crippen molar-refractivity contribution in [3.05, 3.63) is 62.3 Å². The molecule has 0 aliphatic rings. The van der Waals surface area contributed by atoms with Gasteiger partial charge in [0.25, 0.3) is 5.56 Å². The van der Waals surface area contributed by atoms with E-state index in [1.165, 1.54) is 0 Å². The van der Waals surface area contributed by atoms with E-state index in [0.717, 1.165) is 21.2 Å². The van der Waals surface area contributed by atoms with Crippen molar-refractivity contribution in [1.82, 2.24) is 9.55 Å². The van der Waals surface area contributed by atoms with Gasteiger partial charge in [-0.3, -0.25) is 19.3 Å². The molecule has 0 amide bonds. The lowest BCUT2D eigenvalue weighted by Crippen LogP contribution is -2.37. The number of rotatable bonds is 6. The molecular formula is C18H25N4O3+. The third-order valence-electron chi connectivity index (χ3n) is 3.84. The Bertz CT molecular complexity index is 874. The summed E-state index contributed by atoms with van der Waals surface area (Å²) in [5.74, 6) is -0.357. The van der Waals surface area contributed by atoms with E-state index in [1.807, 2.05) is 30.3 Å². The van der Waals surface area contributed by atoms with Crippen molar-refractivity contribution in [2.75, 3.05) is 34.2 Å². The average Bonchev–Trinajstić information content (AvgIpc) is 2.51. The average molecular weight is 345 g/mol. The number of aliphatic imine (C=N–C) groups is 1. The number of aromatic hydroxyl groups is 1. The molecule has 7 heteroatoms. The third kappa shape index (κ3) is 4.90. The first kappa shape index (κ1) is 18.7. The first-order valence-corrected chi connectivity index (χ1v) is 8.11. The van der Waals surface area contributed by atoms with Crippen molar-refractivity contribution < 1.29 is 9.59 Å². The fourth-order valence-electron chi connectivity index (χ4n) is 2.40. The van der Waals surface area contributed by atoms with E-state index in [4.69, 9.17) is 0 Å². The fraction of sp³-hybridized carbons (Fsp3) is 0.389. The highest BCUT2D eigenvalue weighted by Crippen LogP contribution is 2.13. The third-order valence-corrected chi connectivity index (χ3v) is 3.84. The van der Waals surface area contributed by atoms with Crippen LogP contribution in [0.5, 0.6) is 5.88 Å². The van der Waals surface area contributed by atoms with E-state index in [9.17, 15) is 14.7 Å². The zero-order chi connectivity index (χ0) is 18.6. The molecule has 1 aromatic carbocycles. The maximum Gasteiger partial charge on any atom is 0.331 e. The van der Waals surface area contributed by atoms with Gasteiger partial charge in [-0.25, -0.2) is 4.79 Å². The van der Waals surface area contributed by atoms with Gasteiger partial charge in [0, 0.05) is 0 Å². The van der Waals surface area contributed by atoms with Crippen LogP contribution in [0.25, 0.3) is 0 Å². The van der Waals surface area contributed by atoms with Crippen molar-refractivity contribution in [3.63, 3.8) is 0 Å². The number of likely N-dealkylation sites (N-methyl/N-ethyl adjacent to an activating group) is 1. The van der Waals surface area contributed by atoms with Crippen LogP contribution < -0.4 is 11.2 Å². The van der Waals surface area contributed by atoms with Gasteiger partial charge in [0.05, 0.1) is 46.5 Å². The smallest absolute Gasteiger partial charge is 0.331 e. The summed E-state index contributed by atoms with van der Waals surface area (Å²) in [6, 6.07) is 9.26. The van der Waals surface area contributed by atoms with Crippen molar-refractivity contribution in [2.24, 2.45) is 4.99 Å². The van der Waals surface area contributed by atoms with Crippen molar-refractivity contribution >= 4 is 5.71 Å². The Kier molecular flexibility index (Phi) is 5.58. The van der Waals surface area contributed by atoms with Crippen LogP contribution in [0.1, 0.15) is 18.1 Å². The highest BCUT2D eigenvalue weighted by Gasteiger charge is 2.17. The lowest BCUT2D eigenvalue weighted by Gasteiger charge is -2.22. The zero-order valence-corrected chi connectivity index (χ0v) is 15.1. The summed E-state index contributed by atoms with van der Waals surface area (Å²) in [6.45, 7) is 3.14. The molecule has 7 nitrogen and oxygen atoms in total. The molecule has 0 bridgehead atoms. The molecule has 0 aliphatic heterocycles. The number of H-pyrrole nitrogens is 1. The first-order valence-electron chi connectivity index (χ1n) is 8.11. The molecule has 1 aromatic heterocycles. The molecule has 1 heterocycles. The predicted octanol–water partition coefficient (Wildman–Crippen LogP) is 0.806. The quantitative estimate of drug-likeness (QED) is 0.600. The first-order chi connectivity index (χ1) is 11.7. The summed E-state index contributed by atoms with van der Waals surface area (Å²) in [4.78, 5) is 30.9. The molecule has 0 radical (unpaired) electrons. The summed E-state index contributed by atoms with van der Waals surface area (Å²) in [7, 11) is 6.15. The monoisotopic (exact) mass is 345 g/mol. The molecule has 0 atom stereocenters. The maximum absolute atomic E-state index is 12.2. The number of benzene rings is 1. The fourth-order valence-corrected chi connectivity index (χ4v) is 2.40. The van der Waals surface area contributed by atoms with Crippen LogP contribution >= 0.6 is 0 Å². The highest BCUT2D eigenvalue weighted by molar-refractivity contribution is 6.00. The maximum atomic E-state index is 12.2. The van der Waals surface area contributed by atoms with Crippen LogP contribution in [-0.4, -0.2) is 59.1 Å². The molecular weight excluding hydrogens is 320 g/mol. The van der Waals surface area contributed by atoms with Gasteiger partial charge in [-0.1, -0.05) is 30.3 Å². The van der Waals surface area contributed by atoms with Crippen LogP contribution in [0, 0.1) is 0 Å². The van der Waals surface area contributed by atoms with Gasteiger partial charge >= 0.3 is 5.69 Å². The number of hydrogen-bond donors (Lipinski definition) is 2. The van der Waals surface area contributed by atoms with E-state index < -0.39 is 11.2 Å². The van der Waals surface area contributed by atoms with E-state index >= 15 is 0 Å². The Balaban J connectivity index is 2.39. The van der Waals surface area contributed by atoms with Gasteiger partial charge in [0.1, 0.15) is 5.56 Å². The summed E-state index contributed by atoms with van der Waals surface area (Å²) in [5.41, 5.74) is 0.0241. The second-order valence-electron chi connectivity index (χ2n) is 7.01. The minimum absolute atomic E-state index is 0.0388. The van der Waals surface area contributed by atoms with Crippen LogP contribution in [0.3, 0.4) is 0 Å². The Hall–Kier alpha value is -2.67. The largest absolute Gasteiger partial charge is 0.494 e. The molecule has 0 spiro atoms. The zero-order valence-electron chi connectivity index (χ0n) is 15.1. The second-order valence-corrected chi connectivity index (χ2v) is 7.01. The van der Waals surface area contributed by atoms with Gasteiger partial charge in [-0.05, 0) is 12.5 Å². The molecule has 0 aliphatic carbocycles. The van der Waals surface area contributed by atoms with E-state index in [2.05, 4.69) is 31.1 Å². The van der Waals surface area contributed by atoms with Crippen LogP contribution in [0.2, 0.25) is 0 Å². The van der Waals surface area contributed by atoms with Gasteiger partial charge < -0.3 is 9.59 Å². The molecule has 2 aromatic rings. The summed E-state index contributed by atoms with van der Waals surface area (Å²) in [6.07, 6.45) is 0. The molecule has 134 valence electrons. The van der Waals surface area contributed by atoms with Gasteiger partial charge in [-0.15, -0.1) is 0 Å². The summed E-state index contributed by atoms with van der Waals surface area (Å²) < 4.78 is 1.89. The van der Waals surface area contributed by atoms with Gasteiger partial charge in [0.2, 0.25) is 5.88 Å². The Morgan fingerprint density at radius 2 is 1.84 bits per heavy atom. The lowest BCUT2D eigenvalue weighted by atomic mass is 10.2. The summed E-state index contributed by atoms with van der Waals surface area (Å²) in [5, 5.41) is 10.5. The molecule has 2 N–H and O–H groups in total. The molecule has 0 saturated heterocycles. The van der Waals surface area contributed by atoms with Crippen molar-refractivity contribution in [3.8, 4) is 5.88 Å². The number of quaternary nitrogens is 1. The topological polar surface area (TPSA) is 87.4 Å². The van der Waals surface area contributed by atoms with Gasteiger partial charge in [-0.2, -0.15) is 0 Å². The number of aromatic nitrogens is 2. The van der Waals surface area contributed by atoms with Crippen molar-refractivity contribution in [1.29, 1.82) is 0 Å². The molecule has 0 saturated carbocycles. The Morgan fingerprint density at radius 1 is 1.20 bits per heavy atom. The van der Waals surface area contributed by atoms with Crippen LogP contribution in [0.4, 0.5) is 0 Å². The minimum atomic E-state index is -0.644. The van der Waals surface area contributed by atoms with E-state index in [0.29, 0.717) is 12.3 Å². The Morgan fingerprint density at radius 3 is 2.44 bits per heavy atom.